The van der Waals surface area contributed by atoms with Crippen molar-refractivity contribution >= 4 is 5.91 Å². The second-order valence-electron chi connectivity index (χ2n) is 3.10. The molecule has 0 saturated heterocycles. The standard InChI is InChI=1S/C11H10N4O2/c12-11(17)9-7-8(4-5-10(9)16)3-1-2-6-14-15-13/h4-5,7,16H,2,6H2,(H2,12,17). The average Bonchev–Trinajstić information content (AvgIpc) is 2.30. The predicted molar refractivity (Wildman–Crippen MR) is 62.1 cm³/mol. The smallest absolute Gasteiger partial charge is 0.252 e. The van der Waals surface area contributed by atoms with E-state index in [2.05, 4.69) is 21.9 Å². The van der Waals surface area contributed by atoms with Crippen LogP contribution in [-0.4, -0.2) is 17.6 Å². The predicted octanol–water partition coefficient (Wildman–Crippen LogP) is 1.54. The molecular formula is C11H10N4O2. The van der Waals surface area contributed by atoms with Gasteiger partial charge in [0.25, 0.3) is 5.91 Å². The normalized spacial score (nSPS) is 8.71. The van der Waals surface area contributed by atoms with Gasteiger partial charge in [0.05, 0.1) is 5.56 Å². The summed E-state index contributed by atoms with van der Waals surface area (Å²) in [6.07, 6.45) is 0.427. The molecule has 1 aromatic rings. The Morgan fingerprint density at radius 1 is 1.59 bits per heavy atom. The van der Waals surface area contributed by atoms with Gasteiger partial charge in [0.15, 0.2) is 0 Å². The molecule has 3 N–H and O–H groups in total. The van der Waals surface area contributed by atoms with E-state index in [4.69, 9.17) is 11.3 Å². The summed E-state index contributed by atoms with van der Waals surface area (Å²) in [5.74, 6) is 4.67. The largest absolute Gasteiger partial charge is 0.507 e. The second kappa shape index (κ2) is 6.05. The highest BCUT2D eigenvalue weighted by Crippen LogP contribution is 2.17. The highest BCUT2D eigenvalue weighted by atomic mass is 16.3. The molecule has 1 rings (SSSR count). The van der Waals surface area contributed by atoms with E-state index < -0.39 is 5.91 Å². The summed E-state index contributed by atoms with van der Waals surface area (Å²) in [5.41, 5.74) is 13.7. The molecule has 17 heavy (non-hydrogen) atoms. The topological polar surface area (TPSA) is 112 Å². The third kappa shape index (κ3) is 3.78. The van der Waals surface area contributed by atoms with Crippen LogP contribution < -0.4 is 5.73 Å². The molecular weight excluding hydrogens is 220 g/mol. The Labute approximate surface area is 97.7 Å². The minimum absolute atomic E-state index is 0.0341. The van der Waals surface area contributed by atoms with Crippen LogP contribution in [0.2, 0.25) is 0 Å². The van der Waals surface area contributed by atoms with Crippen molar-refractivity contribution in [3.8, 4) is 17.6 Å². The zero-order chi connectivity index (χ0) is 12.7. The van der Waals surface area contributed by atoms with E-state index in [1.54, 1.807) is 6.07 Å². The molecule has 1 amide bonds. The number of benzene rings is 1. The van der Waals surface area contributed by atoms with Crippen molar-refractivity contribution in [2.45, 2.75) is 6.42 Å². The summed E-state index contributed by atoms with van der Waals surface area (Å²) in [6, 6.07) is 4.35. The minimum Gasteiger partial charge on any atom is -0.507 e. The minimum atomic E-state index is -0.708. The van der Waals surface area contributed by atoms with Crippen LogP contribution in [-0.2, 0) is 0 Å². The molecule has 0 aliphatic heterocycles. The number of carbonyl (C=O) groups excluding carboxylic acids is 1. The molecule has 0 unspecified atom stereocenters. The molecule has 0 spiro atoms. The third-order valence-electron chi connectivity index (χ3n) is 1.89. The lowest BCUT2D eigenvalue weighted by atomic mass is 10.1. The summed E-state index contributed by atoms with van der Waals surface area (Å²) in [5, 5.41) is 12.7. The molecule has 0 atom stereocenters. The van der Waals surface area contributed by atoms with E-state index in [0.29, 0.717) is 18.5 Å². The number of azide groups is 1. The van der Waals surface area contributed by atoms with Crippen LogP contribution in [0.3, 0.4) is 0 Å². The van der Waals surface area contributed by atoms with Gasteiger partial charge in [0, 0.05) is 23.4 Å². The van der Waals surface area contributed by atoms with Crippen molar-refractivity contribution in [1.29, 1.82) is 0 Å². The van der Waals surface area contributed by atoms with Gasteiger partial charge in [-0.2, -0.15) is 0 Å². The van der Waals surface area contributed by atoms with Crippen LogP contribution in [0.4, 0.5) is 0 Å². The Hall–Kier alpha value is -2.64. The summed E-state index contributed by atoms with van der Waals surface area (Å²) in [4.78, 5) is 13.5. The molecule has 0 saturated carbocycles. The van der Waals surface area contributed by atoms with Gasteiger partial charge in [0.2, 0.25) is 0 Å². The van der Waals surface area contributed by atoms with E-state index in [-0.39, 0.29) is 11.3 Å². The van der Waals surface area contributed by atoms with Crippen LogP contribution in [0.5, 0.6) is 5.75 Å². The monoisotopic (exact) mass is 230 g/mol. The van der Waals surface area contributed by atoms with Crippen LogP contribution in [0.15, 0.2) is 23.3 Å². The van der Waals surface area contributed by atoms with E-state index >= 15 is 0 Å². The lowest BCUT2D eigenvalue weighted by Gasteiger charge is -1.99. The molecule has 0 fully saturated rings. The zero-order valence-electron chi connectivity index (χ0n) is 8.92. The van der Waals surface area contributed by atoms with Gasteiger partial charge in [-0.1, -0.05) is 17.0 Å². The zero-order valence-corrected chi connectivity index (χ0v) is 8.92. The van der Waals surface area contributed by atoms with Crippen molar-refractivity contribution in [3.63, 3.8) is 0 Å². The highest BCUT2D eigenvalue weighted by molar-refractivity contribution is 5.95. The van der Waals surface area contributed by atoms with E-state index in [9.17, 15) is 9.90 Å². The Morgan fingerprint density at radius 2 is 2.35 bits per heavy atom. The number of phenols is 1. The molecule has 0 bridgehead atoms. The Balaban J connectivity index is 2.82. The fourth-order valence-corrected chi connectivity index (χ4v) is 1.13. The molecule has 0 aliphatic carbocycles. The fourth-order valence-electron chi connectivity index (χ4n) is 1.13. The molecule has 6 heteroatoms. The summed E-state index contributed by atoms with van der Waals surface area (Å²) >= 11 is 0. The fraction of sp³-hybridized carbons (Fsp3) is 0.182. The number of nitrogens with zero attached hydrogens (tertiary/aromatic N) is 3. The van der Waals surface area contributed by atoms with Crippen molar-refractivity contribution in [1.82, 2.24) is 0 Å². The number of amides is 1. The van der Waals surface area contributed by atoms with Crippen LogP contribution in [0.1, 0.15) is 22.3 Å². The average molecular weight is 230 g/mol. The molecule has 6 nitrogen and oxygen atoms in total. The summed E-state index contributed by atoms with van der Waals surface area (Å²) in [6.45, 7) is 0.296. The lowest BCUT2D eigenvalue weighted by molar-refractivity contribution is 0.0997. The van der Waals surface area contributed by atoms with Gasteiger partial charge in [0.1, 0.15) is 5.75 Å². The molecule has 0 heterocycles. The van der Waals surface area contributed by atoms with Crippen LogP contribution >= 0.6 is 0 Å². The molecule has 0 aliphatic rings. The van der Waals surface area contributed by atoms with E-state index in [1.165, 1.54) is 12.1 Å². The van der Waals surface area contributed by atoms with Gasteiger partial charge in [-0.05, 0) is 23.7 Å². The van der Waals surface area contributed by atoms with Crippen LogP contribution in [0.25, 0.3) is 10.4 Å². The van der Waals surface area contributed by atoms with Gasteiger partial charge in [-0.3, -0.25) is 4.79 Å². The Bertz CT molecular complexity index is 536. The van der Waals surface area contributed by atoms with E-state index in [1.807, 2.05) is 0 Å². The van der Waals surface area contributed by atoms with Crippen molar-refractivity contribution in [2.75, 3.05) is 6.54 Å². The summed E-state index contributed by atoms with van der Waals surface area (Å²) < 4.78 is 0. The van der Waals surface area contributed by atoms with Crippen molar-refractivity contribution in [2.24, 2.45) is 10.8 Å². The summed E-state index contributed by atoms with van der Waals surface area (Å²) in [7, 11) is 0. The maximum Gasteiger partial charge on any atom is 0.252 e. The maximum absolute atomic E-state index is 10.9. The van der Waals surface area contributed by atoms with Crippen LogP contribution in [0, 0.1) is 11.8 Å². The van der Waals surface area contributed by atoms with Gasteiger partial charge in [-0.25, -0.2) is 0 Å². The van der Waals surface area contributed by atoms with Gasteiger partial charge >= 0.3 is 0 Å². The molecule has 0 aromatic heterocycles. The number of hydrogen-bond donors (Lipinski definition) is 2. The highest BCUT2D eigenvalue weighted by Gasteiger charge is 2.06. The number of nitrogens with two attached hydrogens (primary N) is 1. The molecule has 0 radical (unpaired) electrons. The first kappa shape index (κ1) is 12.4. The third-order valence-corrected chi connectivity index (χ3v) is 1.89. The van der Waals surface area contributed by atoms with Crippen molar-refractivity contribution in [3.05, 3.63) is 39.8 Å². The number of hydrogen-bond acceptors (Lipinski definition) is 3. The number of primary amides is 1. The quantitative estimate of drug-likeness (QED) is 0.270. The van der Waals surface area contributed by atoms with Crippen molar-refractivity contribution < 1.29 is 9.90 Å². The Morgan fingerprint density at radius 3 is 3.00 bits per heavy atom. The van der Waals surface area contributed by atoms with Gasteiger partial charge in [-0.15, -0.1) is 0 Å². The van der Waals surface area contributed by atoms with Gasteiger partial charge < -0.3 is 10.8 Å². The second-order valence-corrected chi connectivity index (χ2v) is 3.10. The van der Waals surface area contributed by atoms with E-state index in [0.717, 1.165) is 0 Å². The SMILES string of the molecule is [N-]=[N+]=NCCC#Cc1ccc(O)c(C(N)=O)c1. The number of aromatic hydroxyl groups is 1. The molecule has 1 aromatic carbocycles. The first-order chi connectivity index (χ1) is 8.15. The first-order valence-electron chi connectivity index (χ1n) is 4.77. The molecule has 86 valence electrons. The number of rotatable bonds is 3. The lowest BCUT2D eigenvalue weighted by Crippen LogP contribution is -2.11. The Kier molecular flexibility index (Phi) is 4.43. The first-order valence-corrected chi connectivity index (χ1v) is 4.77. The number of carbonyl (C=O) groups is 1. The maximum atomic E-state index is 10.9.